The highest BCUT2D eigenvalue weighted by atomic mass is 16.2. The van der Waals surface area contributed by atoms with E-state index < -0.39 is 0 Å². The summed E-state index contributed by atoms with van der Waals surface area (Å²) < 4.78 is 2.02. The van der Waals surface area contributed by atoms with Gasteiger partial charge in [-0.2, -0.15) is 5.10 Å². The Kier molecular flexibility index (Phi) is 6.21. The molecule has 1 N–H and O–H groups in total. The van der Waals surface area contributed by atoms with Crippen LogP contribution in [0.4, 0.5) is 5.82 Å². The number of nitrogens with zero attached hydrogens (tertiary/aromatic N) is 6. The summed E-state index contributed by atoms with van der Waals surface area (Å²) in [5.41, 5.74) is 4.21. The number of aromatic nitrogens is 4. The lowest BCUT2D eigenvalue weighted by Gasteiger charge is -2.22. The van der Waals surface area contributed by atoms with Gasteiger partial charge < -0.3 is 15.1 Å². The third kappa shape index (κ3) is 4.58. The molecule has 0 radical (unpaired) electrons. The Bertz CT molecular complexity index is 887. The summed E-state index contributed by atoms with van der Waals surface area (Å²) in [7, 11) is 3.44. The Labute approximate surface area is 173 Å². The topological polar surface area (TPSA) is 79.2 Å². The van der Waals surface area contributed by atoms with Crippen LogP contribution in [0.25, 0.3) is 0 Å². The molecule has 0 unspecified atom stereocenters. The molecule has 2 aromatic rings. The van der Waals surface area contributed by atoms with Gasteiger partial charge in [0.15, 0.2) is 0 Å². The molecule has 0 aromatic carbocycles. The maximum Gasteiger partial charge on any atom is 0.291 e. The SMILES string of the molecule is Cc1nn(C(C)C)cc1CN[C@@H]1CCN(c2nc(C(=O)N(C)C)nc(C)c2C)C1. The second-order valence-electron chi connectivity index (χ2n) is 8.41. The van der Waals surface area contributed by atoms with Crippen LogP contribution in [0.1, 0.15) is 59.4 Å². The molecule has 1 aliphatic rings. The van der Waals surface area contributed by atoms with E-state index in [9.17, 15) is 4.79 Å². The normalized spacial score (nSPS) is 16.7. The average Bonchev–Trinajstić information content (AvgIpc) is 3.28. The Morgan fingerprint density at radius 1 is 1.24 bits per heavy atom. The minimum Gasteiger partial charge on any atom is -0.355 e. The molecule has 29 heavy (non-hydrogen) atoms. The van der Waals surface area contributed by atoms with Crippen LogP contribution in [-0.2, 0) is 6.54 Å². The Balaban J connectivity index is 1.68. The van der Waals surface area contributed by atoms with E-state index >= 15 is 0 Å². The lowest BCUT2D eigenvalue weighted by atomic mass is 10.2. The minimum atomic E-state index is -0.166. The molecule has 1 amide bonds. The van der Waals surface area contributed by atoms with Gasteiger partial charge in [-0.05, 0) is 41.0 Å². The number of nitrogens with one attached hydrogen (secondary N) is 1. The van der Waals surface area contributed by atoms with Crippen molar-refractivity contribution in [1.29, 1.82) is 0 Å². The highest BCUT2D eigenvalue weighted by Gasteiger charge is 2.27. The van der Waals surface area contributed by atoms with Crippen LogP contribution >= 0.6 is 0 Å². The summed E-state index contributed by atoms with van der Waals surface area (Å²) in [5.74, 6) is 0.970. The molecule has 8 heteroatoms. The molecule has 1 aliphatic heterocycles. The number of hydrogen-bond acceptors (Lipinski definition) is 6. The smallest absolute Gasteiger partial charge is 0.291 e. The summed E-state index contributed by atoms with van der Waals surface area (Å²) >= 11 is 0. The van der Waals surface area contributed by atoms with Gasteiger partial charge in [-0.1, -0.05) is 0 Å². The van der Waals surface area contributed by atoms with Gasteiger partial charge in [-0.3, -0.25) is 9.48 Å². The largest absolute Gasteiger partial charge is 0.355 e. The summed E-state index contributed by atoms with van der Waals surface area (Å²) in [6.07, 6.45) is 3.17. The van der Waals surface area contributed by atoms with E-state index in [2.05, 4.69) is 52.3 Å². The summed E-state index contributed by atoms with van der Waals surface area (Å²) in [5, 5.41) is 8.26. The zero-order valence-corrected chi connectivity index (χ0v) is 18.7. The molecule has 1 saturated heterocycles. The van der Waals surface area contributed by atoms with E-state index in [0.717, 1.165) is 48.8 Å². The van der Waals surface area contributed by atoms with Crippen molar-refractivity contribution in [2.24, 2.45) is 0 Å². The van der Waals surface area contributed by atoms with E-state index in [1.165, 1.54) is 10.5 Å². The van der Waals surface area contributed by atoms with Gasteiger partial charge in [0.2, 0.25) is 5.82 Å². The molecule has 3 heterocycles. The van der Waals surface area contributed by atoms with Gasteiger partial charge in [0, 0.05) is 68.8 Å². The third-order valence-corrected chi connectivity index (χ3v) is 5.58. The Morgan fingerprint density at radius 2 is 1.97 bits per heavy atom. The molecule has 2 aromatic heterocycles. The zero-order chi connectivity index (χ0) is 21.3. The number of aryl methyl sites for hydroxylation is 2. The summed E-state index contributed by atoms with van der Waals surface area (Å²) in [4.78, 5) is 25.1. The molecule has 158 valence electrons. The molecule has 0 aliphatic carbocycles. The third-order valence-electron chi connectivity index (χ3n) is 5.58. The lowest BCUT2D eigenvalue weighted by molar-refractivity contribution is 0.0815. The van der Waals surface area contributed by atoms with Crippen LogP contribution in [0, 0.1) is 20.8 Å². The van der Waals surface area contributed by atoms with Crippen LogP contribution in [0.5, 0.6) is 0 Å². The number of carbonyl (C=O) groups excluding carboxylic acids is 1. The van der Waals surface area contributed by atoms with Crippen LogP contribution in [0.3, 0.4) is 0 Å². The van der Waals surface area contributed by atoms with E-state index in [4.69, 9.17) is 0 Å². The molecular weight excluding hydrogens is 366 g/mol. The first-order valence-electron chi connectivity index (χ1n) is 10.3. The first kappa shape index (κ1) is 21.2. The fourth-order valence-corrected chi connectivity index (χ4v) is 3.55. The van der Waals surface area contributed by atoms with Crippen molar-refractivity contribution in [2.45, 2.75) is 59.7 Å². The van der Waals surface area contributed by atoms with Crippen molar-refractivity contribution in [3.63, 3.8) is 0 Å². The number of amides is 1. The Morgan fingerprint density at radius 3 is 2.59 bits per heavy atom. The van der Waals surface area contributed by atoms with Gasteiger partial charge >= 0.3 is 0 Å². The van der Waals surface area contributed by atoms with Crippen LogP contribution in [0.15, 0.2) is 6.20 Å². The maximum absolute atomic E-state index is 12.3. The van der Waals surface area contributed by atoms with E-state index in [1.54, 1.807) is 14.1 Å². The lowest BCUT2D eigenvalue weighted by Crippen LogP contribution is -2.33. The molecule has 0 spiro atoms. The average molecular weight is 400 g/mol. The van der Waals surface area contributed by atoms with Crippen LogP contribution < -0.4 is 10.2 Å². The number of rotatable bonds is 6. The standard InChI is InChI=1S/C21H33N7O/c1-13(2)28-11-17(16(5)25-28)10-22-18-8-9-27(12-18)20-14(3)15(4)23-19(24-20)21(29)26(6)7/h11,13,18,22H,8-10,12H2,1-7H3/t18-/m1/s1. The monoisotopic (exact) mass is 399 g/mol. The van der Waals surface area contributed by atoms with Crippen molar-refractivity contribution < 1.29 is 4.79 Å². The predicted octanol–water partition coefficient (Wildman–Crippen LogP) is 2.25. The minimum absolute atomic E-state index is 0.166. The first-order chi connectivity index (χ1) is 13.7. The second-order valence-corrected chi connectivity index (χ2v) is 8.41. The van der Waals surface area contributed by atoms with Gasteiger partial charge in [-0.25, -0.2) is 9.97 Å². The molecule has 1 atom stereocenters. The van der Waals surface area contributed by atoms with E-state index in [0.29, 0.717) is 12.1 Å². The molecule has 3 rings (SSSR count). The maximum atomic E-state index is 12.3. The van der Waals surface area contributed by atoms with Crippen LogP contribution in [-0.4, -0.2) is 63.8 Å². The van der Waals surface area contributed by atoms with E-state index in [-0.39, 0.29) is 11.7 Å². The quantitative estimate of drug-likeness (QED) is 0.803. The fourth-order valence-electron chi connectivity index (χ4n) is 3.55. The predicted molar refractivity (Wildman–Crippen MR) is 114 cm³/mol. The number of carbonyl (C=O) groups is 1. The molecule has 0 saturated carbocycles. The highest BCUT2D eigenvalue weighted by Crippen LogP contribution is 2.24. The van der Waals surface area contributed by atoms with Gasteiger partial charge in [0.25, 0.3) is 5.91 Å². The number of anilines is 1. The molecule has 0 bridgehead atoms. The summed E-state index contributed by atoms with van der Waals surface area (Å²) in [6, 6.07) is 0.743. The van der Waals surface area contributed by atoms with Crippen molar-refractivity contribution in [2.75, 3.05) is 32.1 Å². The van der Waals surface area contributed by atoms with E-state index in [1.807, 2.05) is 18.5 Å². The number of hydrogen-bond donors (Lipinski definition) is 1. The van der Waals surface area contributed by atoms with Gasteiger partial charge in [0.05, 0.1) is 5.69 Å². The highest BCUT2D eigenvalue weighted by molar-refractivity contribution is 5.90. The zero-order valence-electron chi connectivity index (χ0n) is 18.7. The molecule has 1 fully saturated rings. The Hall–Kier alpha value is -2.48. The first-order valence-corrected chi connectivity index (χ1v) is 10.3. The second kappa shape index (κ2) is 8.49. The van der Waals surface area contributed by atoms with Crippen molar-refractivity contribution in [1.82, 2.24) is 30.0 Å². The van der Waals surface area contributed by atoms with Gasteiger partial charge in [0.1, 0.15) is 5.82 Å². The molecule has 8 nitrogen and oxygen atoms in total. The van der Waals surface area contributed by atoms with Crippen molar-refractivity contribution >= 4 is 11.7 Å². The fraction of sp³-hybridized carbons (Fsp3) is 0.619. The van der Waals surface area contributed by atoms with Gasteiger partial charge in [-0.15, -0.1) is 0 Å². The van der Waals surface area contributed by atoms with Crippen molar-refractivity contribution in [3.8, 4) is 0 Å². The van der Waals surface area contributed by atoms with Crippen LogP contribution in [0.2, 0.25) is 0 Å². The molecular formula is C21H33N7O. The van der Waals surface area contributed by atoms with Crippen molar-refractivity contribution in [3.05, 3.63) is 34.5 Å². The summed E-state index contributed by atoms with van der Waals surface area (Å²) in [6.45, 7) is 12.9.